The monoisotopic (exact) mass is 291 g/mol. The predicted octanol–water partition coefficient (Wildman–Crippen LogP) is 2.37. The van der Waals surface area contributed by atoms with Crippen molar-refractivity contribution in [1.29, 1.82) is 0 Å². The van der Waals surface area contributed by atoms with E-state index in [0.29, 0.717) is 19.5 Å². The molecule has 0 spiro atoms. The van der Waals surface area contributed by atoms with E-state index >= 15 is 0 Å². The van der Waals surface area contributed by atoms with E-state index in [-0.39, 0.29) is 5.91 Å². The second-order valence-corrected chi connectivity index (χ2v) is 4.61. The van der Waals surface area contributed by atoms with Crippen molar-refractivity contribution in [1.82, 2.24) is 10.2 Å². The van der Waals surface area contributed by atoms with Crippen LogP contribution in [0.4, 0.5) is 0 Å². The number of hydrogen-bond acceptors (Lipinski definition) is 3. The third kappa shape index (κ3) is 9.68. The van der Waals surface area contributed by atoms with Crippen LogP contribution in [0, 0.1) is 0 Å². The summed E-state index contributed by atoms with van der Waals surface area (Å²) in [6.45, 7) is 12.4. The molecule has 0 aromatic heterocycles. The van der Waals surface area contributed by atoms with E-state index in [0.717, 1.165) is 31.6 Å². The third-order valence-corrected chi connectivity index (χ3v) is 2.95. The normalized spacial score (nSPS) is 11.4. The summed E-state index contributed by atoms with van der Waals surface area (Å²) in [5.74, 6) is 0.0702. The molecule has 0 bridgehead atoms. The number of nitrogens with one attached hydrogen (secondary N) is 1. The highest BCUT2D eigenvalue weighted by Gasteiger charge is 2.02. The molecule has 0 aromatic carbocycles. The molecule has 0 radical (unpaired) electrons. The molecule has 0 fully saturated rings. The smallest absolute Gasteiger partial charge is 0.220 e. The lowest BCUT2D eigenvalue weighted by atomic mass is 10.2. The molecule has 21 heavy (non-hydrogen) atoms. The van der Waals surface area contributed by atoms with Gasteiger partial charge in [0, 0.05) is 31.8 Å². The average Bonchev–Trinajstić information content (AvgIpc) is 2.48. The van der Waals surface area contributed by atoms with Crippen molar-refractivity contribution in [3.05, 3.63) is 49.2 Å². The van der Waals surface area contributed by atoms with Crippen molar-refractivity contribution in [2.45, 2.75) is 26.2 Å². The predicted molar refractivity (Wildman–Crippen MR) is 90.8 cm³/mol. The van der Waals surface area contributed by atoms with Crippen molar-refractivity contribution in [3.8, 4) is 0 Å². The van der Waals surface area contributed by atoms with Crippen LogP contribution in [0.3, 0.4) is 0 Å². The maximum atomic E-state index is 11.5. The molecule has 0 aliphatic heterocycles. The van der Waals surface area contributed by atoms with Gasteiger partial charge in [-0.1, -0.05) is 24.8 Å². The Kier molecular flexibility index (Phi) is 12.0. The van der Waals surface area contributed by atoms with Gasteiger partial charge in [-0.3, -0.25) is 4.79 Å². The van der Waals surface area contributed by atoms with E-state index in [1.165, 1.54) is 0 Å². The van der Waals surface area contributed by atoms with Crippen molar-refractivity contribution in [2.24, 2.45) is 5.73 Å². The zero-order valence-electron chi connectivity index (χ0n) is 13.2. The molecule has 0 aromatic rings. The number of nitrogens with two attached hydrogens (primary N) is 1. The number of nitrogens with zero attached hydrogens (tertiary/aromatic N) is 1. The Balaban J connectivity index is 4.27. The second kappa shape index (κ2) is 13.2. The molecule has 4 nitrogen and oxygen atoms in total. The van der Waals surface area contributed by atoms with Crippen LogP contribution in [0.2, 0.25) is 0 Å². The van der Waals surface area contributed by atoms with Gasteiger partial charge in [-0.05, 0) is 38.5 Å². The highest BCUT2D eigenvalue weighted by molar-refractivity contribution is 5.75. The Morgan fingerprint density at radius 2 is 2.10 bits per heavy atom. The van der Waals surface area contributed by atoms with E-state index in [1.807, 2.05) is 24.3 Å². The largest absolute Gasteiger partial charge is 0.368 e. The summed E-state index contributed by atoms with van der Waals surface area (Å²) in [6.07, 6.45) is 11.8. The molecule has 0 unspecified atom stereocenters. The van der Waals surface area contributed by atoms with Crippen LogP contribution in [0.1, 0.15) is 26.2 Å². The maximum Gasteiger partial charge on any atom is 0.220 e. The van der Waals surface area contributed by atoms with Crippen molar-refractivity contribution < 1.29 is 4.79 Å². The van der Waals surface area contributed by atoms with Gasteiger partial charge in [-0.2, -0.15) is 0 Å². The number of carbonyl (C=O) groups is 1. The summed E-state index contributed by atoms with van der Waals surface area (Å²) in [6, 6.07) is 0. The highest BCUT2D eigenvalue weighted by Crippen LogP contribution is 2.06. The third-order valence-electron chi connectivity index (χ3n) is 2.95. The van der Waals surface area contributed by atoms with Gasteiger partial charge in [-0.15, -0.1) is 6.58 Å². The van der Waals surface area contributed by atoms with Crippen LogP contribution < -0.4 is 11.1 Å². The first-order valence-electron chi connectivity index (χ1n) is 7.51. The first-order chi connectivity index (χ1) is 10.2. The molecule has 0 heterocycles. The lowest BCUT2D eigenvalue weighted by Gasteiger charge is -2.22. The zero-order valence-corrected chi connectivity index (χ0v) is 13.2. The van der Waals surface area contributed by atoms with Crippen LogP contribution >= 0.6 is 0 Å². The summed E-state index contributed by atoms with van der Waals surface area (Å²) < 4.78 is 0. The van der Waals surface area contributed by atoms with Gasteiger partial charge in [0.05, 0.1) is 0 Å². The molecule has 3 N–H and O–H groups in total. The number of unbranched alkanes of at least 4 members (excludes halogenated alkanes) is 1. The van der Waals surface area contributed by atoms with Crippen LogP contribution in [-0.4, -0.2) is 37.0 Å². The number of rotatable bonds is 12. The summed E-state index contributed by atoms with van der Waals surface area (Å²) in [4.78, 5) is 13.7. The molecule has 1 amide bonds. The Bertz CT molecular complexity index is 372. The summed E-state index contributed by atoms with van der Waals surface area (Å²) in [7, 11) is 0. The molecular weight excluding hydrogens is 262 g/mol. The number of amides is 1. The molecule has 4 heteroatoms. The second-order valence-electron chi connectivity index (χ2n) is 4.61. The first-order valence-corrected chi connectivity index (χ1v) is 7.51. The standard InChI is InChI=1S/C17H29N3O/c1-4-10-16(20(6-3)15-5-2)11-9-14-19-17(21)12-7-8-13-18/h4-5,9-11H,1-2,6-8,12-15,18H2,3H3,(H,19,21)/b11-9-,16-10+. The molecule has 0 aliphatic rings. The van der Waals surface area contributed by atoms with Gasteiger partial charge in [0.15, 0.2) is 0 Å². The minimum Gasteiger partial charge on any atom is -0.368 e. The lowest BCUT2D eigenvalue weighted by Crippen LogP contribution is -2.24. The Labute approximate surface area is 129 Å². The van der Waals surface area contributed by atoms with Gasteiger partial charge in [0.25, 0.3) is 0 Å². The lowest BCUT2D eigenvalue weighted by molar-refractivity contribution is -0.120. The fourth-order valence-electron chi connectivity index (χ4n) is 1.83. The fourth-order valence-corrected chi connectivity index (χ4v) is 1.83. The fraction of sp³-hybridized carbons (Fsp3) is 0.471. The van der Waals surface area contributed by atoms with E-state index in [1.54, 1.807) is 6.08 Å². The molecule has 0 rings (SSSR count). The maximum absolute atomic E-state index is 11.5. The summed E-state index contributed by atoms with van der Waals surface area (Å²) in [5, 5.41) is 2.87. The quantitative estimate of drug-likeness (QED) is 0.330. The van der Waals surface area contributed by atoms with Crippen LogP contribution in [0.5, 0.6) is 0 Å². The van der Waals surface area contributed by atoms with Gasteiger partial charge in [-0.25, -0.2) is 0 Å². The van der Waals surface area contributed by atoms with Crippen molar-refractivity contribution >= 4 is 5.91 Å². The number of carbonyl (C=O) groups excluding carboxylic acids is 1. The topological polar surface area (TPSA) is 58.4 Å². The van der Waals surface area contributed by atoms with E-state index < -0.39 is 0 Å². The summed E-state index contributed by atoms with van der Waals surface area (Å²) in [5.41, 5.74) is 6.46. The van der Waals surface area contributed by atoms with Crippen LogP contribution in [0.25, 0.3) is 0 Å². The Morgan fingerprint density at radius 3 is 2.67 bits per heavy atom. The summed E-state index contributed by atoms with van der Waals surface area (Å²) >= 11 is 0. The molecule has 118 valence electrons. The molecule has 0 saturated heterocycles. The zero-order chi connectivity index (χ0) is 15.9. The van der Waals surface area contributed by atoms with Crippen molar-refractivity contribution in [2.75, 3.05) is 26.2 Å². The minimum atomic E-state index is 0.0702. The number of hydrogen-bond donors (Lipinski definition) is 2. The van der Waals surface area contributed by atoms with E-state index in [2.05, 4.69) is 30.3 Å². The number of allylic oxidation sites excluding steroid dienone is 3. The highest BCUT2D eigenvalue weighted by atomic mass is 16.1. The van der Waals surface area contributed by atoms with Crippen molar-refractivity contribution in [3.63, 3.8) is 0 Å². The molecule has 0 atom stereocenters. The van der Waals surface area contributed by atoms with Crippen LogP contribution in [-0.2, 0) is 4.79 Å². The van der Waals surface area contributed by atoms with Crippen LogP contribution in [0.15, 0.2) is 49.2 Å². The molecule has 0 aliphatic carbocycles. The van der Waals surface area contributed by atoms with Gasteiger partial charge in [0.1, 0.15) is 0 Å². The Morgan fingerprint density at radius 1 is 1.33 bits per heavy atom. The molecular formula is C17H29N3O. The minimum absolute atomic E-state index is 0.0702. The Hall–Kier alpha value is -1.81. The van der Waals surface area contributed by atoms with Gasteiger partial charge >= 0.3 is 0 Å². The number of likely N-dealkylation sites (N-methyl/N-ethyl adjacent to an activating group) is 1. The average molecular weight is 291 g/mol. The first kappa shape index (κ1) is 19.2. The van der Waals surface area contributed by atoms with E-state index in [4.69, 9.17) is 5.73 Å². The van der Waals surface area contributed by atoms with Gasteiger partial charge < -0.3 is 16.0 Å². The van der Waals surface area contributed by atoms with Gasteiger partial charge in [0.2, 0.25) is 5.91 Å². The SMILES string of the molecule is C=C/C=C(\C=C/CNC(=O)CCCCN)N(CC)CC=C. The van der Waals surface area contributed by atoms with E-state index in [9.17, 15) is 4.79 Å². The molecule has 0 saturated carbocycles.